The summed E-state index contributed by atoms with van der Waals surface area (Å²) in [6.45, 7) is 13.5. The monoisotopic (exact) mass is 554 g/mol. The van der Waals surface area contributed by atoms with Crippen molar-refractivity contribution >= 4 is 34.8 Å². The Morgan fingerprint density at radius 3 is 2.22 bits per heavy atom. The van der Waals surface area contributed by atoms with Gasteiger partial charge in [0.1, 0.15) is 11.5 Å². The van der Waals surface area contributed by atoms with E-state index in [-0.39, 0.29) is 12.0 Å². The molecular weight excluding hydrogens is 507 g/mol. The van der Waals surface area contributed by atoms with Gasteiger partial charge in [-0.1, -0.05) is 83.1 Å². The van der Waals surface area contributed by atoms with E-state index >= 15 is 0 Å². The molecule has 0 spiro atoms. The standard InChI is InChI=1S/C20H28Cl2N4O.C5H10O.C4H10/c1-4-6-10-24-19(14(3)12-23)20(27)26-18(7-5-2)25-13-15-8-9-16(21)17(22)11-15;1-4-2-5(6)3-4;1-3-4-2/h7-9,11-12,25H,4-6,10,13,23H2,1-3H3,(H,26,27);4-6H,2-3H2,1H3;3-4H2,1-2H3/b14-12-,18-7?,24-19?;;. The summed E-state index contributed by atoms with van der Waals surface area (Å²) in [5, 5.41) is 15.7. The molecule has 37 heavy (non-hydrogen) atoms. The largest absolute Gasteiger partial charge is 0.404 e. The van der Waals surface area contributed by atoms with Gasteiger partial charge in [-0.15, -0.1) is 0 Å². The van der Waals surface area contributed by atoms with Gasteiger partial charge in [0.05, 0.1) is 16.1 Å². The Kier molecular flexibility index (Phi) is 19.8. The fourth-order valence-electron chi connectivity index (χ4n) is 3.06. The van der Waals surface area contributed by atoms with Crippen LogP contribution in [0.1, 0.15) is 92.1 Å². The minimum absolute atomic E-state index is 0.0417. The first-order valence-electron chi connectivity index (χ1n) is 13.4. The molecule has 0 radical (unpaired) electrons. The molecule has 8 heteroatoms. The molecule has 0 aliphatic heterocycles. The third-order valence-corrected chi connectivity index (χ3v) is 6.33. The van der Waals surface area contributed by atoms with Crippen LogP contribution < -0.4 is 16.4 Å². The van der Waals surface area contributed by atoms with Gasteiger partial charge < -0.3 is 21.5 Å². The molecule has 2 rings (SSSR count). The zero-order valence-corrected chi connectivity index (χ0v) is 25.1. The van der Waals surface area contributed by atoms with E-state index in [1.165, 1.54) is 19.0 Å². The van der Waals surface area contributed by atoms with Crippen molar-refractivity contribution in [2.75, 3.05) is 6.54 Å². The van der Waals surface area contributed by atoms with Crippen LogP contribution in [0.25, 0.3) is 0 Å². The van der Waals surface area contributed by atoms with Crippen molar-refractivity contribution < 1.29 is 9.90 Å². The number of allylic oxidation sites excluding steroid dienone is 1. The molecule has 0 atom stereocenters. The number of nitrogens with zero attached hydrogens (tertiary/aromatic N) is 1. The first-order chi connectivity index (χ1) is 17.6. The highest BCUT2D eigenvalue weighted by molar-refractivity contribution is 6.45. The minimum Gasteiger partial charge on any atom is -0.404 e. The Morgan fingerprint density at radius 1 is 1.14 bits per heavy atom. The molecule has 0 unspecified atom stereocenters. The lowest BCUT2D eigenvalue weighted by Gasteiger charge is -2.27. The second-order valence-corrected chi connectivity index (χ2v) is 10.1. The van der Waals surface area contributed by atoms with Gasteiger partial charge in [-0.25, -0.2) is 0 Å². The summed E-state index contributed by atoms with van der Waals surface area (Å²) in [6.07, 6.45) is 10.7. The van der Waals surface area contributed by atoms with Gasteiger partial charge >= 0.3 is 0 Å². The van der Waals surface area contributed by atoms with Crippen LogP contribution in [0.3, 0.4) is 0 Å². The summed E-state index contributed by atoms with van der Waals surface area (Å²) >= 11 is 12.0. The van der Waals surface area contributed by atoms with Crippen molar-refractivity contribution in [2.24, 2.45) is 16.6 Å². The lowest BCUT2D eigenvalue weighted by molar-refractivity contribution is -0.114. The number of nitrogens with two attached hydrogens (primary N) is 1. The Labute approximate surface area is 234 Å². The molecule has 1 aliphatic rings. The molecule has 0 heterocycles. The Bertz CT molecular complexity index is 871. The highest BCUT2D eigenvalue weighted by atomic mass is 35.5. The van der Waals surface area contributed by atoms with E-state index in [9.17, 15) is 4.79 Å². The van der Waals surface area contributed by atoms with Crippen molar-refractivity contribution in [3.8, 4) is 0 Å². The van der Waals surface area contributed by atoms with Gasteiger partial charge in [0.2, 0.25) is 0 Å². The number of aliphatic hydroxyl groups is 1. The normalized spacial score (nSPS) is 17.5. The van der Waals surface area contributed by atoms with E-state index in [4.69, 9.17) is 34.0 Å². The number of aliphatic imine (C=N–C) groups is 1. The second kappa shape index (κ2) is 21.0. The number of carbonyl (C=O) groups excluding carboxylic acids is 1. The molecule has 0 aromatic heterocycles. The summed E-state index contributed by atoms with van der Waals surface area (Å²) in [5.41, 5.74) is 7.54. The molecule has 1 aliphatic carbocycles. The number of unbranched alkanes of at least 4 members (excludes halogenated alkanes) is 2. The Morgan fingerprint density at radius 2 is 1.78 bits per heavy atom. The van der Waals surface area contributed by atoms with Crippen molar-refractivity contribution in [2.45, 2.75) is 99.1 Å². The molecule has 210 valence electrons. The fraction of sp³-hybridized carbons (Fsp3) is 0.586. The molecule has 5 N–H and O–H groups in total. The molecule has 1 aromatic rings. The first-order valence-corrected chi connectivity index (χ1v) is 14.2. The number of nitrogens with one attached hydrogen (secondary N) is 2. The van der Waals surface area contributed by atoms with Crippen molar-refractivity contribution in [1.82, 2.24) is 10.6 Å². The smallest absolute Gasteiger partial charge is 0.275 e. The van der Waals surface area contributed by atoms with Gasteiger partial charge in [0, 0.05) is 13.1 Å². The van der Waals surface area contributed by atoms with E-state index < -0.39 is 0 Å². The maximum Gasteiger partial charge on any atom is 0.275 e. The topological polar surface area (TPSA) is 99.7 Å². The zero-order valence-electron chi connectivity index (χ0n) is 23.5. The van der Waals surface area contributed by atoms with E-state index in [1.807, 2.05) is 19.1 Å². The summed E-state index contributed by atoms with van der Waals surface area (Å²) in [7, 11) is 0. The van der Waals surface area contributed by atoms with Crippen LogP contribution in [0.5, 0.6) is 0 Å². The van der Waals surface area contributed by atoms with Crippen LogP contribution in [0.15, 0.2) is 46.9 Å². The van der Waals surface area contributed by atoms with Crippen molar-refractivity contribution in [3.05, 3.63) is 57.5 Å². The highest BCUT2D eigenvalue weighted by Gasteiger charge is 2.21. The minimum atomic E-state index is -0.286. The lowest BCUT2D eigenvalue weighted by atomic mass is 9.84. The number of amides is 1. The summed E-state index contributed by atoms with van der Waals surface area (Å²) in [4.78, 5) is 17.1. The Balaban J connectivity index is 0.00000107. The average molecular weight is 556 g/mol. The zero-order chi connectivity index (χ0) is 28.2. The molecular formula is C29H48Cl2N4O2. The lowest BCUT2D eigenvalue weighted by Crippen LogP contribution is -2.36. The molecule has 1 saturated carbocycles. The van der Waals surface area contributed by atoms with Crippen LogP contribution in [-0.4, -0.2) is 29.4 Å². The van der Waals surface area contributed by atoms with Crippen molar-refractivity contribution in [1.29, 1.82) is 0 Å². The molecule has 1 amide bonds. The number of aliphatic hydroxyl groups excluding tert-OH is 1. The molecule has 0 saturated heterocycles. The van der Waals surface area contributed by atoms with Crippen molar-refractivity contribution in [3.63, 3.8) is 0 Å². The Hall–Kier alpha value is -2.02. The fourth-order valence-corrected chi connectivity index (χ4v) is 3.38. The summed E-state index contributed by atoms with van der Waals surface area (Å²) < 4.78 is 0. The SMILES string of the molecule is CC1CC(O)C1.CCC=C(NCc1ccc(Cl)c(Cl)c1)NC(=O)C(=NCCCC)/C(C)=C\N.CCCC. The second-order valence-electron chi connectivity index (χ2n) is 9.25. The van der Waals surface area contributed by atoms with Crippen LogP contribution in [0.4, 0.5) is 0 Å². The molecule has 0 bridgehead atoms. The van der Waals surface area contributed by atoms with Gasteiger partial charge in [0.25, 0.3) is 5.91 Å². The number of hydrogen-bond acceptors (Lipinski definition) is 5. The van der Waals surface area contributed by atoms with E-state index in [1.54, 1.807) is 19.1 Å². The van der Waals surface area contributed by atoms with E-state index in [0.29, 0.717) is 40.2 Å². The number of rotatable bonds is 11. The average Bonchev–Trinajstić information content (AvgIpc) is 2.86. The van der Waals surface area contributed by atoms with Gasteiger partial charge in [0.15, 0.2) is 0 Å². The van der Waals surface area contributed by atoms with Gasteiger partial charge in [-0.2, -0.15) is 0 Å². The number of benzene rings is 1. The van der Waals surface area contributed by atoms with Crippen LogP contribution in [0.2, 0.25) is 10.0 Å². The molecule has 1 fully saturated rings. The highest BCUT2D eigenvalue weighted by Crippen LogP contribution is 2.25. The van der Waals surface area contributed by atoms with E-state index in [0.717, 1.165) is 43.6 Å². The summed E-state index contributed by atoms with van der Waals surface area (Å²) in [6, 6.07) is 5.42. The summed E-state index contributed by atoms with van der Waals surface area (Å²) in [5.74, 6) is 1.12. The number of carbonyl (C=O) groups is 1. The first kappa shape index (κ1) is 35.0. The molecule has 1 aromatic carbocycles. The number of hydrogen-bond donors (Lipinski definition) is 4. The third kappa shape index (κ3) is 15.7. The van der Waals surface area contributed by atoms with Gasteiger partial charge in [-0.05, 0) is 74.1 Å². The van der Waals surface area contributed by atoms with E-state index in [2.05, 4.69) is 43.3 Å². The third-order valence-electron chi connectivity index (χ3n) is 5.59. The predicted octanol–water partition coefficient (Wildman–Crippen LogP) is 7.14. The number of halogens is 2. The predicted molar refractivity (Wildman–Crippen MR) is 160 cm³/mol. The van der Waals surface area contributed by atoms with Crippen LogP contribution in [0, 0.1) is 5.92 Å². The van der Waals surface area contributed by atoms with Gasteiger partial charge in [-0.3, -0.25) is 9.79 Å². The van der Waals surface area contributed by atoms with Crippen LogP contribution >= 0.6 is 23.2 Å². The quantitative estimate of drug-likeness (QED) is 0.172. The van der Waals surface area contributed by atoms with Crippen LogP contribution in [-0.2, 0) is 11.3 Å². The maximum absolute atomic E-state index is 12.7. The molecule has 6 nitrogen and oxygen atoms in total. The maximum atomic E-state index is 12.7.